The normalized spacial score (nSPS) is 12.1. The van der Waals surface area contributed by atoms with E-state index in [0.717, 1.165) is 11.2 Å². The molecule has 29 heavy (non-hydrogen) atoms. The fourth-order valence-electron chi connectivity index (χ4n) is 4.11. The zero-order valence-electron chi connectivity index (χ0n) is 17.4. The smallest absolute Gasteiger partial charge is 0.0888 e. The van der Waals surface area contributed by atoms with Gasteiger partial charge in [0.2, 0.25) is 0 Å². The van der Waals surface area contributed by atoms with Crippen molar-refractivity contribution >= 4 is 42.4 Å². The van der Waals surface area contributed by atoms with Crippen LogP contribution in [0.15, 0.2) is 66.7 Å². The molecule has 5 aromatic rings. The van der Waals surface area contributed by atoms with Crippen LogP contribution in [-0.2, 0) is 0 Å². The molecular weight excluding hydrogens is 370 g/mol. The molecule has 0 aliphatic heterocycles. The van der Waals surface area contributed by atoms with Gasteiger partial charge in [-0.2, -0.15) is 0 Å². The average Bonchev–Trinajstić information content (AvgIpc) is 3.12. The summed E-state index contributed by atoms with van der Waals surface area (Å²) in [4.78, 5) is 5.18. The zero-order valence-corrected chi connectivity index (χ0v) is 18.2. The van der Waals surface area contributed by atoms with E-state index in [-0.39, 0.29) is 0 Å². The molecule has 5 rings (SSSR count). The molecule has 0 fully saturated rings. The number of hydrogen-bond acceptors (Lipinski definition) is 2. The SMILES string of the molecule is CC(C)c1cc(-c2nc3ccccc3c3c2sc2ccccc23)cc(C(C)C)c1. The van der Waals surface area contributed by atoms with Crippen LogP contribution in [0.1, 0.15) is 50.7 Å². The van der Waals surface area contributed by atoms with Crippen LogP contribution < -0.4 is 0 Å². The van der Waals surface area contributed by atoms with Gasteiger partial charge in [0, 0.05) is 26.4 Å². The van der Waals surface area contributed by atoms with Crippen molar-refractivity contribution in [2.24, 2.45) is 0 Å². The van der Waals surface area contributed by atoms with Gasteiger partial charge < -0.3 is 0 Å². The van der Waals surface area contributed by atoms with Crippen molar-refractivity contribution in [1.82, 2.24) is 4.98 Å². The molecule has 2 aromatic heterocycles. The van der Waals surface area contributed by atoms with E-state index in [0.29, 0.717) is 11.8 Å². The number of hydrogen-bond donors (Lipinski definition) is 0. The molecule has 0 saturated heterocycles. The number of benzene rings is 3. The second kappa shape index (κ2) is 6.96. The Labute approximate surface area is 176 Å². The van der Waals surface area contributed by atoms with Crippen LogP contribution >= 0.6 is 11.3 Å². The predicted molar refractivity (Wildman–Crippen MR) is 128 cm³/mol. The van der Waals surface area contributed by atoms with Crippen LogP contribution in [0, 0.1) is 0 Å². The van der Waals surface area contributed by atoms with Crippen LogP contribution in [0.2, 0.25) is 0 Å². The largest absolute Gasteiger partial charge is 0.246 e. The van der Waals surface area contributed by atoms with Gasteiger partial charge in [0.1, 0.15) is 0 Å². The Hall–Kier alpha value is -2.71. The Bertz CT molecular complexity index is 1330. The molecule has 1 nitrogen and oxygen atoms in total. The van der Waals surface area contributed by atoms with E-state index in [1.165, 1.54) is 42.2 Å². The van der Waals surface area contributed by atoms with Crippen molar-refractivity contribution in [2.75, 3.05) is 0 Å². The van der Waals surface area contributed by atoms with E-state index >= 15 is 0 Å². The number of thiophene rings is 1. The van der Waals surface area contributed by atoms with Crippen LogP contribution in [-0.4, -0.2) is 4.98 Å². The molecule has 3 aromatic carbocycles. The lowest BCUT2D eigenvalue weighted by Crippen LogP contribution is -1.96. The molecule has 0 bridgehead atoms. The Morgan fingerprint density at radius 2 is 1.34 bits per heavy atom. The van der Waals surface area contributed by atoms with Gasteiger partial charge in [0.25, 0.3) is 0 Å². The average molecular weight is 396 g/mol. The highest BCUT2D eigenvalue weighted by Gasteiger charge is 2.17. The van der Waals surface area contributed by atoms with Gasteiger partial charge in [-0.05, 0) is 47.2 Å². The van der Waals surface area contributed by atoms with Crippen LogP contribution in [0.25, 0.3) is 42.3 Å². The Morgan fingerprint density at radius 1 is 0.724 bits per heavy atom. The molecule has 0 aliphatic rings. The first-order valence-corrected chi connectivity index (χ1v) is 11.2. The monoisotopic (exact) mass is 395 g/mol. The van der Waals surface area contributed by atoms with Crippen molar-refractivity contribution in [1.29, 1.82) is 0 Å². The summed E-state index contributed by atoms with van der Waals surface area (Å²) >= 11 is 1.86. The Kier molecular flexibility index (Phi) is 4.40. The molecule has 0 N–H and O–H groups in total. The summed E-state index contributed by atoms with van der Waals surface area (Å²) in [6.45, 7) is 9.08. The third-order valence-electron chi connectivity index (χ3n) is 5.80. The minimum Gasteiger partial charge on any atom is -0.246 e. The van der Waals surface area contributed by atoms with Gasteiger partial charge in [-0.3, -0.25) is 0 Å². The maximum Gasteiger partial charge on any atom is 0.0888 e. The minimum atomic E-state index is 0.491. The highest BCUT2D eigenvalue weighted by molar-refractivity contribution is 7.26. The highest BCUT2D eigenvalue weighted by Crippen LogP contribution is 2.43. The first kappa shape index (κ1) is 18.3. The second-order valence-electron chi connectivity index (χ2n) is 8.48. The molecule has 0 aliphatic carbocycles. The lowest BCUT2D eigenvalue weighted by molar-refractivity contribution is 0.834. The van der Waals surface area contributed by atoms with Gasteiger partial charge in [0.05, 0.1) is 15.9 Å². The summed E-state index contributed by atoms with van der Waals surface area (Å²) in [6.07, 6.45) is 0. The summed E-state index contributed by atoms with van der Waals surface area (Å²) < 4.78 is 2.62. The van der Waals surface area contributed by atoms with Crippen LogP contribution in [0.5, 0.6) is 0 Å². The van der Waals surface area contributed by atoms with Gasteiger partial charge in [-0.1, -0.05) is 70.2 Å². The van der Waals surface area contributed by atoms with E-state index in [1.54, 1.807) is 0 Å². The number of fused-ring (bicyclic) bond motifs is 5. The lowest BCUT2D eigenvalue weighted by Gasteiger charge is -2.15. The molecule has 0 amide bonds. The molecule has 2 heteroatoms. The maximum atomic E-state index is 5.18. The van der Waals surface area contributed by atoms with Gasteiger partial charge >= 0.3 is 0 Å². The zero-order chi connectivity index (χ0) is 20.1. The summed E-state index contributed by atoms with van der Waals surface area (Å²) in [7, 11) is 0. The summed E-state index contributed by atoms with van der Waals surface area (Å²) in [5.41, 5.74) is 6.19. The van der Waals surface area contributed by atoms with E-state index in [4.69, 9.17) is 4.98 Å². The van der Waals surface area contributed by atoms with Gasteiger partial charge in [-0.15, -0.1) is 11.3 Å². The van der Waals surface area contributed by atoms with Crippen molar-refractivity contribution in [3.8, 4) is 11.3 Å². The molecule has 0 saturated carbocycles. The Balaban J connectivity index is 1.93. The van der Waals surface area contributed by atoms with E-state index in [2.05, 4.69) is 94.4 Å². The van der Waals surface area contributed by atoms with Crippen molar-refractivity contribution in [3.05, 3.63) is 77.9 Å². The van der Waals surface area contributed by atoms with Gasteiger partial charge in [0.15, 0.2) is 0 Å². The van der Waals surface area contributed by atoms with Crippen LogP contribution in [0.3, 0.4) is 0 Å². The molecule has 0 spiro atoms. The van der Waals surface area contributed by atoms with E-state index < -0.39 is 0 Å². The molecule has 2 heterocycles. The number of aromatic nitrogens is 1. The number of pyridine rings is 1. The summed E-state index contributed by atoms with van der Waals surface area (Å²) in [5.74, 6) is 0.983. The topological polar surface area (TPSA) is 12.9 Å². The van der Waals surface area contributed by atoms with Crippen molar-refractivity contribution in [2.45, 2.75) is 39.5 Å². The van der Waals surface area contributed by atoms with Gasteiger partial charge in [-0.25, -0.2) is 4.98 Å². The number of rotatable bonds is 3. The van der Waals surface area contributed by atoms with E-state index in [1.807, 2.05) is 11.3 Å². The van der Waals surface area contributed by atoms with E-state index in [9.17, 15) is 0 Å². The minimum absolute atomic E-state index is 0.491. The molecular formula is C27H25NS. The first-order chi connectivity index (χ1) is 14.0. The number of nitrogens with zero attached hydrogens (tertiary/aromatic N) is 1. The predicted octanol–water partition coefficient (Wildman–Crippen LogP) is 8.52. The maximum absolute atomic E-state index is 5.18. The lowest BCUT2D eigenvalue weighted by atomic mass is 9.91. The third kappa shape index (κ3) is 3.03. The molecule has 144 valence electrons. The highest BCUT2D eigenvalue weighted by atomic mass is 32.1. The number of para-hydroxylation sites is 1. The Morgan fingerprint density at radius 3 is 2.03 bits per heavy atom. The third-order valence-corrected chi connectivity index (χ3v) is 6.98. The fraction of sp³-hybridized carbons (Fsp3) is 0.222. The second-order valence-corrected chi connectivity index (χ2v) is 9.53. The standard InChI is InChI=1S/C27H25NS/c1-16(2)18-13-19(17(3)4)15-20(14-18)26-27-25(21-9-5-7-11-23(21)28-26)22-10-6-8-12-24(22)29-27/h5-17H,1-4H3. The quantitative estimate of drug-likeness (QED) is 0.298. The van der Waals surface area contributed by atoms with Crippen LogP contribution in [0.4, 0.5) is 0 Å². The fourth-order valence-corrected chi connectivity index (χ4v) is 5.34. The summed E-state index contributed by atoms with van der Waals surface area (Å²) in [5, 5.41) is 3.91. The molecule has 0 unspecified atom stereocenters. The summed E-state index contributed by atoms with van der Waals surface area (Å²) in [6, 6.07) is 24.3. The molecule has 0 atom stereocenters. The molecule has 0 radical (unpaired) electrons. The van der Waals surface area contributed by atoms with Crippen molar-refractivity contribution in [3.63, 3.8) is 0 Å². The first-order valence-electron chi connectivity index (χ1n) is 10.4. The van der Waals surface area contributed by atoms with Crippen molar-refractivity contribution < 1.29 is 0 Å².